The number of aromatic nitrogens is 3. The summed E-state index contributed by atoms with van der Waals surface area (Å²) in [5, 5.41) is 1.39. The van der Waals surface area contributed by atoms with E-state index in [1.54, 1.807) is 0 Å². The van der Waals surface area contributed by atoms with Crippen LogP contribution < -0.4 is 5.73 Å². The lowest BCUT2D eigenvalue weighted by Gasteiger charge is -2.21. The van der Waals surface area contributed by atoms with Crippen LogP contribution in [0.3, 0.4) is 0 Å². The van der Waals surface area contributed by atoms with Crippen LogP contribution in [0.25, 0.3) is 0 Å². The van der Waals surface area contributed by atoms with Crippen LogP contribution in [0.2, 0.25) is 0 Å². The minimum absolute atomic E-state index is 0.214. The van der Waals surface area contributed by atoms with Gasteiger partial charge in [-0.15, -0.1) is 0 Å². The number of nitrogen functional groups attached to an aromatic ring is 1. The highest BCUT2D eigenvalue weighted by Crippen LogP contribution is 2.21. The Morgan fingerprint density at radius 1 is 1.19 bits per heavy atom. The average molecular weight is 302 g/mol. The molecule has 0 amide bonds. The molecule has 0 aliphatic heterocycles. The highest BCUT2D eigenvalue weighted by Gasteiger charge is 2.12. The van der Waals surface area contributed by atoms with E-state index in [4.69, 9.17) is 5.73 Å². The summed E-state index contributed by atoms with van der Waals surface area (Å²) in [7, 11) is 0. The summed E-state index contributed by atoms with van der Waals surface area (Å²) < 4.78 is 0. The first-order valence-corrected chi connectivity index (χ1v) is 7.55. The topological polar surface area (TPSA) is 80.3 Å². The maximum atomic E-state index is 5.60. The number of hydrogen-bond acceptors (Lipinski definition) is 6. The number of anilines is 1. The molecule has 0 aliphatic rings. The zero-order valence-corrected chi connectivity index (χ0v) is 12.9. The molecule has 0 bridgehead atoms. The maximum Gasteiger partial charge on any atom is 0.223 e. The van der Waals surface area contributed by atoms with Crippen molar-refractivity contribution in [2.24, 2.45) is 4.99 Å². The lowest BCUT2D eigenvalue weighted by molar-refractivity contribution is 0.475. The SMILES string of the molecule is CCN(CC)C(=Nc1ccccc1)Sc1ncnc(N)n1. The molecule has 1 heterocycles. The summed E-state index contributed by atoms with van der Waals surface area (Å²) in [5.74, 6) is 0.214. The lowest BCUT2D eigenvalue weighted by Crippen LogP contribution is -2.28. The number of benzene rings is 1. The van der Waals surface area contributed by atoms with Crippen molar-refractivity contribution in [2.45, 2.75) is 19.0 Å². The standard InChI is InChI=1S/C14H18N6S/c1-3-20(4-2)14(18-11-8-6-5-7-9-11)21-13-17-10-16-12(15)19-13/h5-10H,3-4H2,1-2H3,(H2,15,16,17,19). The fraction of sp³-hybridized carbons (Fsp3) is 0.286. The monoisotopic (exact) mass is 302 g/mol. The van der Waals surface area contributed by atoms with E-state index < -0.39 is 0 Å². The molecule has 0 saturated heterocycles. The lowest BCUT2D eigenvalue weighted by atomic mass is 10.3. The van der Waals surface area contributed by atoms with Crippen molar-refractivity contribution in [3.05, 3.63) is 36.7 Å². The number of hydrogen-bond donors (Lipinski definition) is 1. The fourth-order valence-electron chi connectivity index (χ4n) is 1.69. The molecule has 6 nitrogen and oxygen atoms in total. The van der Waals surface area contributed by atoms with Crippen LogP contribution in [0.4, 0.5) is 11.6 Å². The Kier molecular flexibility index (Phi) is 5.51. The predicted octanol–water partition coefficient (Wildman–Crippen LogP) is 2.58. The van der Waals surface area contributed by atoms with E-state index in [0.29, 0.717) is 5.16 Å². The first-order chi connectivity index (χ1) is 10.2. The third-order valence-corrected chi connectivity index (χ3v) is 3.68. The van der Waals surface area contributed by atoms with Crippen molar-refractivity contribution in [3.8, 4) is 0 Å². The van der Waals surface area contributed by atoms with E-state index in [1.165, 1.54) is 18.1 Å². The van der Waals surface area contributed by atoms with Crippen LogP contribution in [-0.2, 0) is 0 Å². The van der Waals surface area contributed by atoms with Gasteiger partial charge in [0.15, 0.2) is 10.3 Å². The minimum Gasteiger partial charge on any atom is -0.368 e. The van der Waals surface area contributed by atoms with Gasteiger partial charge >= 0.3 is 0 Å². The molecule has 0 fully saturated rings. The summed E-state index contributed by atoms with van der Waals surface area (Å²) in [6.07, 6.45) is 1.41. The molecule has 21 heavy (non-hydrogen) atoms. The number of para-hydroxylation sites is 1. The molecule has 0 saturated carbocycles. The zero-order chi connectivity index (χ0) is 15.1. The van der Waals surface area contributed by atoms with Crippen molar-refractivity contribution >= 4 is 28.6 Å². The van der Waals surface area contributed by atoms with Crippen LogP contribution in [0.1, 0.15) is 13.8 Å². The van der Waals surface area contributed by atoms with Gasteiger partial charge in [-0.1, -0.05) is 18.2 Å². The Balaban J connectivity index is 2.30. The van der Waals surface area contributed by atoms with E-state index in [2.05, 4.69) is 38.7 Å². The normalized spacial score (nSPS) is 11.4. The molecular formula is C14H18N6S. The number of amidine groups is 1. The second-order valence-corrected chi connectivity index (χ2v) is 5.06. The van der Waals surface area contributed by atoms with Gasteiger partial charge in [0.2, 0.25) is 5.95 Å². The predicted molar refractivity (Wildman–Crippen MR) is 86.6 cm³/mol. The smallest absolute Gasteiger partial charge is 0.223 e. The zero-order valence-electron chi connectivity index (χ0n) is 12.1. The van der Waals surface area contributed by atoms with Crippen LogP contribution in [0.15, 0.2) is 46.8 Å². The molecular weight excluding hydrogens is 284 g/mol. The largest absolute Gasteiger partial charge is 0.368 e. The molecule has 1 aromatic carbocycles. The molecule has 0 aliphatic carbocycles. The van der Waals surface area contributed by atoms with Crippen LogP contribution >= 0.6 is 11.8 Å². The van der Waals surface area contributed by atoms with Gasteiger partial charge in [-0.25, -0.2) is 15.0 Å². The molecule has 0 radical (unpaired) electrons. The number of nitrogens with zero attached hydrogens (tertiary/aromatic N) is 5. The Morgan fingerprint density at radius 2 is 1.90 bits per heavy atom. The van der Waals surface area contributed by atoms with Gasteiger partial charge in [-0.3, -0.25) is 0 Å². The number of aliphatic imine (C=N–C) groups is 1. The van der Waals surface area contributed by atoms with Crippen LogP contribution in [-0.4, -0.2) is 38.1 Å². The molecule has 110 valence electrons. The third kappa shape index (κ3) is 4.42. The Bertz CT molecular complexity index is 597. The fourth-order valence-corrected chi connectivity index (χ4v) is 2.63. The van der Waals surface area contributed by atoms with Crippen molar-refractivity contribution in [2.75, 3.05) is 18.8 Å². The molecule has 0 unspecified atom stereocenters. The molecule has 1 aromatic heterocycles. The maximum absolute atomic E-state index is 5.60. The summed E-state index contributed by atoms with van der Waals surface area (Å²) in [6.45, 7) is 5.89. The number of thioether (sulfide) groups is 1. The van der Waals surface area contributed by atoms with Crippen LogP contribution in [0, 0.1) is 0 Å². The number of nitrogens with two attached hydrogens (primary N) is 1. The summed E-state index contributed by atoms with van der Waals surface area (Å²) in [4.78, 5) is 18.9. The van der Waals surface area contributed by atoms with Crippen LogP contribution in [0.5, 0.6) is 0 Å². The van der Waals surface area contributed by atoms with Gasteiger partial charge < -0.3 is 10.6 Å². The van der Waals surface area contributed by atoms with Gasteiger partial charge in [0.25, 0.3) is 0 Å². The minimum atomic E-state index is 0.214. The second-order valence-electron chi connectivity index (χ2n) is 4.13. The van der Waals surface area contributed by atoms with Gasteiger partial charge in [0, 0.05) is 13.1 Å². The van der Waals surface area contributed by atoms with E-state index >= 15 is 0 Å². The van der Waals surface area contributed by atoms with Crippen molar-refractivity contribution in [1.29, 1.82) is 0 Å². The third-order valence-electron chi connectivity index (χ3n) is 2.77. The van der Waals surface area contributed by atoms with Crippen molar-refractivity contribution in [1.82, 2.24) is 19.9 Å². The van der Waals surface area contributed by atoms with E-state index in [9.17, 15) is 0 Å². The van der Waals surface area contributed by atoms with Gasteiger partial charge in [-0.05, 0) is 37.7 Å². The summed E-state index contributed by atoms with van der Waals surface area (Å²) in [6, 6.07) is 9.82. The van der Waals surface area contributed by atoms with E-state index in [0.717, 1.165) is 23.9 Å². The van der Waals surface area contributed by atoms with E-state index in [1.807, 2.05) is 30.3 Å². The molecule has 0 atom stereocenters. The molecule has 2 rings (SSSR count). The first kappa shape index (κ1) is 15.2. The van der Waals surface area contributed by atoms with E-state index in [-0.39, 0.29) is 5.95 Å². The first-order valence-electron chi connectivity index (χ1n) is 6.74. The average Bonchev–Trinajstić information content (AvgIpc) is 2.49. The molecule has 2 N–H and O–H groups in total. The van der Waals surface area contributed by atoms with Crippen molar-refractivity contribution < 1.29 is 0 Å². The van der Waals surface area contributed by atoms with Gasteiger partial charge in [0.05, 0.1) is 5.69 Å². The van der Waals surface area contributed by atoms with Gasteiger partial charge in [0.1, 0.15) is 6.33 Å². The molecule has 2 aromatic rings. The quantitative estimate of drug-likeness (QED) is 0.531. The Morgan fingerprint density at radius 3 is 2.52 bits per heavy atom. The van der Waals surface area contributed by atoms with Gasteiger partial charge in [-0.2, -0.15) is 4.98 Å². The van der Waals surface area contributed by atoms with Crippen molar-refractivity contribution in [3.63, 3.8) is 0 Å². The highest BCUT2D eigenvalue weighted by molar-refractivity contribution is 8.13. The Hall–Kier alpha value is -2.15. The Labute approximate surface area is 128 Å². The molecule has 7 heteroatoms. The summed E-state index contributed by atoms with van der Waals surface area (Å²) in [5.41, 5.74) is 6.50. The summed E-state index contributed by atoms with van der Waals surface area (Å²) >= 11 is 1.39. The molecule has 0 spiro atoms. The highest BCUT2D eigenvalue weighted by atomic mass is 32.2. The second kappa shape index (κ2) is 7.58. The number of rotatable bonds is 4.